The maximum Gasteiger partial charge on any atom is 0.248 e. The van der Waals surface area contributed by atoms with Crippen molar-refractivity contribution < 1.29 is 14.3 Å². The summed E-state index contributed by atoms with van der Waals surface area (Å²) >= 11 is 12.0. The van der Waals surface area contributed by atoms with Gasteiger partial charge >= 0.3 is 0 Å². The minimum absolute atomic E-state index is 0.151. The van der Waals surface area contributed by atoms with Crippen LogP contribution in [0, 0.1) is 6.92 Å². The first kappa shape index (κ1) is 15.7. The fourth-order valence-electron chi connectivity index (χ4n) is 2.20. The van der Waals surface area contributed by atoms with Crippen molar-refractivity contribution in [2.24, 2.45) is 0 Å². The van der Waals surface area contributed by atoms with Gasteiger partial charge in [-0.05, 0) is 54.5 Å². The van der Waals surface area contributed by atoms with Crippen molar-refractivity contribution in [1.82, 2.24) is 0 Å². The smallest absolute Gasteiger partial charge is 0.248 e. The lowest BCUT2D eigenvalue weighted by molar-refractivity contribution is -0.111. The zero-order valence-electron chi connectivity index (χ0n) is 12.2. The third-order valence-corrected chi connectivity index (χ3v) is 3.84. The summed E-state index contributed by atoms with van der Waals surface area (Å²) in [5.74, 6) is 0.861. The molecule has 0 atom stereocenters. The number of amides is 1. The van der Waals surface area contributed by atoms with E-state index in [0.29, 0.717) is 27.2 Å². The molecule has 2 aromatic carbocycles. The fourth-order valence-corrected chi connectivity index (χ4v) is 2.70. The van der Waals surface area contributed by atoms with E-state index in [2.05, 4.69) is 5.32 Å². The second-order valence-corrected chi connectivity index (χ2v) is 5.86. The molecule has 1 aliphatic heterocycles. The van der Waals surface area contributed by atoms with Gasteiger partial charge in [0.05, 0.1) is 5.02 Å². The standard InChI is InChI=1S/C17H13Cl2NO3/c1-10-6-12(18)3-4-14(10)20-16(21)5-2-11-7-13(19)17-15(8-11)22-9-23-17/h2-8H,9H2,1H3,(H,20,21)/b5-2+. The molecule has 0 saturated heterocycles. The van der Waals surface area contributed by atoms with Crippen LogP contribution in [0.3, 0.4) is 0 Å². The molecule has 1 amide bonds. The monoisotopic (exact) mass is 349 g/mol. The highest BCUT2D eigenvalue weighted by atomic mass is 35.5. The van der Waals surface area contributed by atoms with E-state index in [1.54, 1.807) is 36.4 Å². The van der Waals surface area contributed by atoms with Crippen LogP contribution in [0.1, 0.15) is 11.1 Å². The summed E-state index contributed by atoms with van der Waals surface area (Å²) < 4.78 is 10.5. The molecule has 6 heteroatoms. The zero-order chi connectivity index (χ0) is 16.4. The first-order valence-corrected chi connectivity index (χ1v) is 7.63. The predicted octanol–water partition coefficient (Wildman–Crippen LogP) is 4.68. The Morgan fingerprint density at radius 2 is 2.04 bits per heavy atom. The Labute approximate surface area is 143 Å². The number of carbonyl (C=O) groups is 1. The van der Waals surface area contributed by atoms with Gasteiger partial charge in [-0.15, -0.1) is 0 Å². The predicted molar refractivity (Wildman–Crippen MR) is 91.4 cm³/mol. The van der Waals surface area contributed by atoms with Crippen LogP contribution in [0.25, 0.3) is 6.08 Å². The summed E-state index contributed by atoms with van der Waals surface area (Å²) in [4.78, 5) is 12.0. The molecule has 1 aliphatic rings. The second kappa shape index (κ2) is 6.52. The van der Waals surface area contributed by atoms with Crippen LogP contribution >= 0.6 is 23.2 Å². The number of hydrogen-bond donors (Lipinski definition) is 1. The second-order valence-electron chi connectivity index (χ2n) is 5.02. The lowest BCUT2D eigenvalue weighted by atomic mass is 10.1. The van der Waals surface area contributed by atoms with E-state index >= 15 is 0 Å². The number of halogens is 2. The summed E-state index contributed by atoms with van der Waals surface area (Å²) in [5.41, 5.74) is 2.36. The molecule has 0 aromatic heterocycles. The van der Waals surface area contributed by atoms with Crippen molar-refractivity contribution in [2.75, 3.05) is 12.1 Å². The van der Waals surface area contributed by atoms with Gasteiger partial charge in [0.2, 0.25) is 12.7 Å². The Morgan fingerprint density at radius 3 is 2.83 bits per heavy atom. The summed E-state index contributed by atoms with van der Waals surface area (Å²) in [5, 5.41) is 3.88. The maximum absolute atomic E-state index is 12.0. The highest BCUT2D eigenvalue weighted by Gasteiger charge is 2.17. The van der Waals surface area contributed by atoms with E-state index in [9.17, 15) is 4.79 Å². The van der Waals surface area contributed by atoms with Crippen LogP contribution in [0.15, 0.2) is 36.4 Å². The Hall–Kier alpha value is -2.17. The molecular formula is C17H13Cl2NO3. The molecule has 4 nitrogen and oxygen atoms in total. The first-order valence-electron chi connectivity index (χ1n) is 6.87. The van der Waals surface area contributed by atoms with Gasteiger partial charge in [-0.3, -0.25) is 4.79 Å². The first-order chi connectivity index (χ1) is 11.0. The number of hydrogen-bond acceptors (Lipinski definition) is 3. The van der Waals surface area contributed by atoms with E-state index < -0.39 is 0 Å². The fraction of sp³-hybridized carbons (Fsp3) is 0.118. The molecule has 0 bridgehead atoms. The van der Waals surface area contributed by atoms with Crippen molar-refractivity contribution in [3.63, 3.8) is 0 Å². The minimum atomic E-state index is -0.246. The molecule has 1 heterocycles. The quantitative estimate of drug-likeness (QED) is 0.818. The van der Waals surface area contributed by atoms with Gasteiger partial charge in [-0.2, -0.15) is 0 Å². The van der Waals surface area contributed by atoms with Crippen molar-refractivity contribution in [3.8, 4) is 11.5 Å². The number of carbonyl (C=O) groups excluding carboxylic acids is 1. The van der Waals surface area contributed by atoms with Crippen LogP contribution in [0.5, 0.6) is 11.5 Å². The Kier molecular flexibility index (Phi) is 4.46. The lowest BCUT2D eigenvalue weighted by Gasteiger charge is -2.06. The largest absolute Gasteiger partial charge is 0.454 e. The molecule has 2 aromatic rings. The molecule has 0 saturated carbocycles. The van der Waals surface area contributed by atoms with Crippen LogP contribution < -0.4 is 14.8 Å². The van der Waals surface area contributed by atoms with Gasteiger partial charge in [0.25, 0.3) is 0 Å². The van der Waals surface area contributed by atoms with Gasteiger partial charge in [-0.25, -0.2) is 0 Å². The van der Waals surface area contributed by atoms with Crippen molar-refractivity contribution in [3.05, 3.63) is 57.6 Å². The third kappa shape index (κ3) is 3.60. The van der Waals surface area contributed by atoms with E-state index in [1.165, 1.54) is 6.08 Å². The number of ether oxygens (including phenoxy) is 2. The van der Waals surface area contributed by atoms with Gasteiger partial charge < -0.3 is 14.8 Å². The number of benzene rings is 2. The van der Waals surface area contributed by atoms with E-state index in [0.717, 1.165) is 11.1 Å². The molecule has 1 N–H and O–H groups in total. The maximum atomic E-state index is 12.0. The topological polar surface area (TPSA) is 47.6 Å². The molecule has 3 rings (SSSR count). The highest BCUT2D eigenvalue weighted by Crippen LogP contribution is 2.40. The number of fused-ring (bicyclic) bond motifs is 1. The Balaban J connectivity index is 1.72. The zero-order valence-corrected chi connectivity index (χ0v) is 13.7. The van der Waals surface area contributed by atoms with E-state index in [-0.39, 0.29) is 12.7 Å². The summed E-state index contributed by atoms with van der Waals surface area (Å²) in [6.07, 6.45) is 3.09. The van der Waals surface area contributed by atoms with Crippen molar-refractivity contribution in [1.29, 1.82) is 0 Å². The molecule has 0 fully saturated rings. The summed E-state index contributed by atoms with van der Waals surface area (Å²) in [7, 11) is 0. The SMILES string of the molecule is Cc1cc(Cl)ccc1NC(=O)/C=C/c1cc(Cl)c2c(c1)OCO2. The van der Waals surface area contributed by atoms with Crippen LogP contribution in [-0.4, -0.2) is 12.7 Å². The number of anilines is 1. The van der Waals surface area contributed by atoms with Crippen molar-refractivity contribution >= 4 is 40.9 Å². The molecule has 0 unspecified atom stereocenters. The highest BCUT2D eigenvalue weighted by molar-refractivity contribution is 6.32. The average molecular weight is 350 g/mol. The van der Waals surface area contributed by atoms with Crippen LogP contribution in [0.2, 0.25) is 10.0 Å². The van der Waals surface area contributed by atoms with Crippen LogP contribution in [-0.2, 0) is 4.79 Å². The van der Waals surface area contributed by atoms with Crippen LogP contribution in [0.4, 0.5) is 5.69 Å². The minimum Gasteiger partial charge on any atom is -0.454 e. The van der Waals surface area contributed by atoms with Gasteiger partial charge in [0.1, 0.15) is 0 Å². The van der Waals surface area contributed by atoms with E-state index in [1.807, 2.05) is 6.92 Å². The number of aryl methyl sites for hydroxylation is 1. The van der Waals surface area contributed by atoms with Gasteiger partial charge in [-0.1, -0.05) is 23.2 Å². The third-order valence-electron chi connectivity index (χ3n) is 3.32. The summed E-state index contributed by atoms with van der Waals surface area (Å²) in [6.45, 7) is 2.03. The number of rotatable bonds is 3. The van der Waals surface area contributed by atoms with Gasteiger partial charge in [0, 0.05) is 16.8 Å². The molecular weight excluding hydrogens is 337 g/mol. The molecule has 0 spiro atoms. The average Bonchev–Trinajstić information content (AvgIpc) is 2.97. The Morgan fingerprint density at radius 1 is 1.22 bits per heavy atom. The number of nitrogens with one attached hydrogen (secondary N) is 1. The van der Waals surface area contributed by atoms with Crippen molar-refractivity contribution in [2.45, 2.75) is 6.92 Å². The molecule has 23 heavy (non-hydrogen) atoms. The Bertz CT molecular complexity index is 803. The molecule has 118 valence electrons. The molecule has 0 aliphatic carbocycles. The summed E-state index contributed by atoms with van der Waals surface area (Å²) in [6, 6.07) is 8.77. The normalized spacial score (nSPS) is 12.7. The van der Waals surface area contributed by atoms with Gasteiger partial charge in [0.15, 0.2) is 11.5 Å². The lowest BCUT2D eigenvalue weighted by Crippen LogP contribution is -2.08. The van der Waals surface area contributed by atoms with E-state index in [4.69, 9.17) is 32.7 Å². The molecule has 0 radical (unpaired) electrons.